The van der Waals surface area contributed by atoms with Gasteiger partial charge in [0.15, 0.2) is 0 Å². The molecule has 0 fully saturated rings. The summed E-state index contributed by atoms with van der Waals surface area (Å²) in [6.07, 6.45) is 2.83. The molecule has 2 aromatic heterocycles. The molecule has 0 spiro atoms. The number of aromatic amines is 1. The van der Waals surface area contributed by atoms with E-state index in [9.17, 15) is 4.79 Å². The van der Waals surface area contributed by atoms with Crippen molar-refractivity contribution in [2.24, 2.45) is 5.92 Å². The fraction of sp³-hybridized carbons (Fsp3) is 0.304. The topological polar surface area (TPSA) is 81.4 Å². The first-order chi connectivity index (χ1) is 14.6. The summed E-state index contributed by atoms with van der Waals surface area (Å²) in [5, 5.41) is 14.4. The summed E-state index contributed by atoms with van der Waals surface area (Å²) in [5.41, 5.74) is 5.25. The van der Waals surface area contributed by atoms with E-state index >= 15 is 0 Å². The van der Waals surface area contributed by atoms with Crippen molar-refractivity contribution in [3.63, 3.8) is 0 Å². The molecule has 2 aromatic carbocycles. The van der Waals surface area contributed by atoms with Crippen molar-refractivity contribution in [1.29, 1.82) is 0 Å². The Balaban J connectivity index is 1.62. The van der Waals surface area contributed by atoms with Gasteiger partial charge in [0.1, 0.15) is 0 Å². The number of rotatable bonds is 7. The van der Waals surface area contributed by atoms with Crippen LogP contribution >= 0.6 is 0 Å². The monoisotopic (exact) mass is 402 g/mol. The zero-order valence-corrected chi connectivity index (χ0v) is 17.5. The lowest BCUT2D eigenvalue weighted by atomic mass is 9.98. The van der Waals surface area contributed by atoms with Gasteiger partial charge >= 0.3 is 5.69 Å². The van der Waals surface area contributed by atoms with Crippen LogP contribution in [0, 0.1) is 5.92 Å². The van der Waals surface area contributed by atoms with Gasteiger partial charge in [0.25, 0.3) is 0 Å². The number of H-pyrrole nitrogens is 1. The molecule has 30 heavy (non-hydrogen) atoms. The first-order valence-electron chi connectivity index (χ1n) is 10.3. The van der Waals surface area contributed by atoms with E-state index in [0.717, 1.165) is 40.9 Å². The summed E-state index contributed by atoms with van der Waals surface area (Å²) in [6.45, 7) is 7.65. The Morgan fingerprint density at radius 1 is 1.03 bits per heavy atom. The Hall–Kier alpha value is -3.48. The molecule has 0 amide bonds. The van der Waals surface area contributed by atoms with E-state index in [4.69, 9.17) is 0 Å². The van der Waals surface area contributed by atoms with E-state index in [-0.39, 0.29) is 5.69 Å². The van der Waals surface area contributed by atoms with Crippen molar-refractivity contribution in [3.8, 4) is 22.5 Å². The molecule has 0 aliphatic heterocycles. The highest BCUT2D eigenvalue weighted by Gasteiger charge is 2.13. The molecular formula is C23H26N6O. The van der Waals surface area contributed by atoms with E-state index < -0.39 is 0 Å². The van der Waals surface area contributed by atoms with Crippen molar-refractivity contribution < 1.29 is 0 Å². The first kappa shape index (κ1) is 19.8. The van der Waals surface area contributed by atoms with Gasteiger partial charge in [-0.15, -0.1) is 10.2 Å². The Bertz CT molecular complexity index is 1170. The maximum absolute atomic E-state index is 12.9. The third kappa shape index (κ3) is 3.96. The lowest BCUT2D eigenvalue weighted by molar-refractivity contribution is 0.503. The number of tetrazole rings is 1. The van der Waals surface area contributed by atoms with Crippen molar-refractivity contribution in [3.05, 3.63) is 76.5 Å². The van der Waals surface area contributed by atoms with E-state index in [1.54, 1.807) is 0 Å². The summed E-state index contributed by atoms with van der Waals surface area (Å²) in [7, 11) is 0. The van der Waals surface area contributed by atoms with Crippen molar-refractivity contribution in [1.82, 2.24) is 29.8 Å². The van der Waals surface area contributed by atoms with Gasteiger partial charge in [-0.25, -0.2) is 4.79 Å². The molecule has 0 atom stereocenters. The van der Waals surface area contributed by atoms with Gasteiger partial charge < -0.3 is 0 Å². The number of nitrogens with zero attached hydrogens (tertiary/aromatic N) is 5. The van der Waals surface area contributed by atoms with Crippen LogP contribution in [0.2, 0.25) is 0 Å². The molecule has 4 rings (SSSR count). The Labute approximate surface area is 175 Å². The molecule has 154 valence electrons. The molecule has 0 saturated heterocycles. The van der Waals surface area contributed by atoms with Gasteiger partial charge in [-0.2, -0.15) is 5.21 Å². The molecule has 4 aromatic rings. The maximum Gasteiger partial charge on any atom is 0.328 e. The number of aromatic nitrogens is 6. The SMILES string of the molecule is CCc1cn(CC(C)C)c(=O)n1Cc1ccc(-c2ccccc2-c2nn[nH]n2)cc1. The van der Waals surface area contributed by atoms with Crippen LogP contribution in [-0.4, -0.2) is 29.8 Å². The molecule has 0 radical (unpaired) electrons. The Kier molecular flexibility index (Phi) is 5.61. The van der Waals surface area contributed by atoms with Gasteiger partial charge in [-0.3, -0.25) is 9.13 Å². The van der Waals surface area contributed by atoms with Gasteiger partial charge in [-0.1, -0.05) is 69.3 Å². The number of benzene rings is 2. The number of hydrogen-bond acceptors (Lipinski definition) is 4. The highest BCUT2D eigenvalue weighted by Crippen LogP contribution is 2.29. The second-order valence-electron chi connectivity index (χ2n) is 7.87. The van der Waals surface area contributed by atoms with Crippen LogP contribution in [0.5, 0.6) is 0 Å². The largest absolute Gasteiger partial charge is 0.328 e. The molecule has 0 aliphatic carbocycles. The van der Waals surface area contributed by atoms with E-state index in [2.05, 4.69) is 65.7 Å². The van der Waals surface area contributed by atoms with Crippen LogP contribution < -0.4 is 5.69 Å². The molecule has 7 nitrogen and oxygen atoms in total. The maximum atomic E-state index is 12.9. The van der Waals surface area contributed by atoms with E-state index in [0.29, 0.717) is 18.3 Å². The van der Waals surface area contributed by atoms with Gasteiger partial charge in [0.05, 0.1) is 6.54 Å². The van der Waals surface area contributed by atoms with E-state index in [1.807, 2.05) is 39.6 Å². The number of imidazole rings is 1. The van der Waals surface area contributed by atoms with E-state index in [1.165, 1.54) is 0 Å². The third-order valence-corrected chi connectivity index (χ3v) is 5.17. The number of hydrogen-bond donors (Lipinski definition) is 1. The molecule has 1 N–H and O–H groups in total. The second kappa shape index (κ2) is 8.49. The fourth-order valence-corrected chi connectivity index (χ4v) is 3.74. The average molecular weight is 403 g/mol. The lowest BCUT2D eigenvalue weighted by Crippen LogP contribution is -2.26. The minimum absolute atomic E-state index is 0.0621. The summed E-state index contributed by atoms with van der Waals surface area (Å²) >= 11 is 0. The van der Waals surface area contributed by atoms with Crippen molar-refractivity contribution in [2.45, 2.75) is 40.3 Å². The molecule has 0 aliphatic rings. The zero-order chi connectivity index (χ0) is 21.1. The summed E-state index contributed by atoms with van der Waals surface area (Å²) < 4.78 is 3.71. The van der Waals surface area contributed by atoms with Crippen LogP contribution in [-0.2, 0) is 19.5 Å². The Morgan fingerprint density at radius 3 is 2.40 bits per heavy atom. The molecule has 0 unspecified atom stereocenters. The molecule has 2 heterocycles. The quantitative estimate of drug-likeness (QED) is 0.510. The average Bonchev–Trinajstić information content (AvgIpc) is 3.38. The number of nitrogens with one attached hydrogen (secondary N) is 1. The van der Waals surface area contributed by atoms with Crippen LogP contribution in [0.4, 0.5) is 0 Å². The van der Waals surface area contributed by atoms with Crippen molar-refractivity contribution >= 4 is 0 Å². The molecule has 0 saturated carbocycles. The number of aryl methyl sites for hydroxylation is 1. The van der Waals surface area contributed by atoms with Crippen LogP contribution in [0.25, 0.3) is 22.5 Å². The standard InChI is InChI=1S/C23H26N6O/c1-4-19-15-28(13-16(2)3)23(30)29(19)14-17-9-11-18(12-10-17)20-7-5-6-8-21(20)22-24-26-27-25-22/h5-12,15-16H,4,13-14H2,1-3H3,(H,24,25,26,27). The first-order valence-corrected chi connectivity index (χ1v) is 10.3. The molecular weight excluding hydrogens is 376 g/mol. The van der Waals surface area contributed by atoms with Crippen LogP contribution in [0.15, 0.2) is 59.5 Å². The summed E-state index contributed by atoms with van der Waals surface area (Å²) in [6, 6.07) is 16.3. The fourth-order valence-electron chi connectivity index (χ4n) is 3.74. The summed E-state index contributed by atoms with van der Waals surface area (Å²) in [5.74, 6) is 1.00. The van der Waals surface area contributed by atoms with Crippen LogP contribution in [0.1, 0.15) is 32.0 Å². The minimum Gasteiger partial charge on any atom is -0.299 e. The highest BCUT2D eigenvalue weighted by molar-refractivity contribution is 5.80. The van der Waals surface area contributed by atoms with Crippen molar-refractivity contribution in [2.75, 3.05) is 0 Å². The molecule has 0 bridgehead atoms. The van der Waals surface area contributed by atoms with Gasteiger partial charge in [0, 0.05) is 24.0 Å². The zero-order valence-electron chi connectivity index (χ0n) is 17.5. The third-order valence-electron chi connectivity index (χ3n) is 5.17. The van der Waals surface area contributed by atoms with Crippen LogP contribution in [0.3, 0.4) is 0 Å². The minimum atomic E-state index is 0.0621. The predicted octanol–water partition coefficient (Wildman–Crippen LogP) is 3.76. The predicted molar refractivity (Wildman–Crippen MR) is 117 cm³/mol. The highest BCUT2D eigenvalue weighted by atomic mass is 16.1. The normalized spacial score (nSPS) is 11.3. The van der Waals surface area contributed by atoms with Gasteiger partial charge in [0.2, 0.25) is 5.82 Å². The molecule has 7 heteroatoms. The second-order valence-corrected chi connectivity index (χ2v) is 7.87. The summed E-state index contributed by atoms with van der Waals surface area (Å²) in [4.78, 5) is 12.9. The van der Waals surface area contributed by atoms with Gasteiger partial charge in [-0.05, 0) is 34.2 Å². The Morgan fingerprint density at radius 2 is 1.77 bits per heavy atom. The lowest BCUT2D eigenvalue weighted by Gasteiger charge is -2.09. The smallest absolute Gasteiger partial charge is 0.299 e.